The summed E-state index contributed by atoms with van der Waals surface area (Å²) in [6, 6.07) is 4.54. The molecule has 2 aliphatic rings. The molecule has 3 N–H and O–H groups in total. The average Bonchev–Trinajstić information content (AvgIpc) is 3.10. The molecule has 0 spiro atoms. The molecule has 6 nitrogen and oxygen atoms in total. The molecule has 0 saturated carbocycles. The van der Waals surface area contributed by atoms with Crippen LogP contribution in [-0.4, -0.2) is 43.1 Å². The van der Waals surface area contributed by atoms with Gasteiger partial charge in [0.1, 0.15) is 5.75 Å². The Hall–Kier alpha value is -2.20. The Bertz CT molecular complexity index is 767. The van der Waals surface area contributed by atoms with Crippen LogP contribution in [0.3, 0.4) is 0 Å². The summed E-state index contributed by atoms with van der Waals surface area (Å²) >= 11 is 0.741. The van der Waals surface area contributed by atoms with E-state index in [1.165, 1.54) is 18.2 Å². The van der Waals surface area contributed by atoms with Gasteiger partial charge in [-0.1, -0.05) is 12.1 Å². The maximum absolute atomic E-state index is 12.6. The van der Waals surface area contributed by atoms with Gasteiger partial charge < -0.3 is 15.4 Å². The number of hydrogen-bond donors (Lipinski definition) is 2. The Morgan fingerprint density at radius 2 is 2.15 bits per heavy atom. The van der Waals surface area contributed by atoms with E-state index in [2.05, 4.69) is 5.32 Å². The fourth-order valence-electron chi connectivity index (χ4n) is 2.82. The van der Waals surface area contributed by atoms with Crippen LogP contribution in [0.4, 0.5) is 23.7 Å². The van der Waals surface area contributed by atoms with Gasteiger partial charge in [-0.3, -0.25) is 14.9 Å². The Kier molecular flexibility index (Phi) is 5.15. The summed E-state index contributed by atoms with van der Waals surface area (Å²) in [4.78, 5) is 25.1. The normalized spacial score (nSPS) is 22.2. The van der Waals surface area contributed by atoms with Crippen LogP contribution in [-0.2, 0) is 4.79 Å². The average molecular weight is 387 g/mol. The summed E-state index contributed by atoms with van der Waals surface area (Å²) in [7, 11) is 0. The highest BCUT2D eigenvalue weighted by molar-refractivity contribution is 8.18. The lowest BCUT2D eigenvalue weighted by Gasteiger charge is -2.24. The van der Waals surface area contributed by atoms with E-state index in [9.17, 15) is 22.8 Å². The van der Waals surface area contributed by atoms with Crippen LogP contribution < -0.4 is 20.7 Å². The largest absolute Gasteiger partial charge is 0.482 e. The number of para-hydroxylation sites is 1. The predicted octanol–water partition coefficient (Wildman–Crippen LogP) is 2.49. The van der Waals surface area contributed by atoms with Gasteiger partial charge in [0.25, 0.3) is 11.1 Å². The van der Waals surface area contributed by atoms with Crippen LogP contribution in [0.25, 0.3) is 6.08 Å². The summed E-state index contributed by atoms with van der Waals surface area (Å²) in [6.45, 7) is -0.406. The van der Waals surface area contributed by atoms with Crippen molar-refractivity contribution in [3.05, 3.63) is 28.7 Å². The third-order valence-corrected chi connectivity index (χ3v) is 4.70. The number of imide groups is 1. The van der Waals surface area contributed by atoms with Gasteiger partial charge in [0.05, 0.1) is 10.6 Å². The minimum Gasteiger partial charge on any atom is -0.482 e. The van der Waals surface area contributed by atoms with Crippen molar-refractivity contribution in [3.8, 4) is 5.75 Å². The van der Waals surface area contributed by atoms with Crippen LogP contribution in [0, 0.1) is 0 Å². The van der Waals surface area contributed by atoms with Crippen LogP contribution in [0.15, 0.2) is 23.1 Å². The highest BCUT2D eigenvalue weighted by Gasteiger charge is 2.31. The molecule has 140 valence electrons. The number of carbonyl (C=O) groups is 2. The lowest BCUT2D eigenvalue weighted by molar-refractivity contribution is -0.153. The highest BCUT2D eigenvalue weighted by atomic mass is 32.2. The number of anilines is 1. The van der Waals surface area contributed by atoms with Crippen molar-refractivity contribution in [2.45, 2.75) is 18.6 Å². The van der Waals surface area contributed by atoms with Gasteiger partial charge in [-0.2, -0.15) is 13.2 Å². The second kappa shape index (κ2) is 7.20. The summed E-state index contributed by atoms with van der Waals surface area (Å²) in [6.07, 6.45) is -2.30. The number of nitrogens with two attached hydrogens (primary N) is 1. The first-order valence-corrected chi connectivity index (χ1v) is 8.62. The summed E-state index contributed by atoms with van der Waals surface area (Å²) in [5.74, 6) is -0.480. The van der Waals surface area contributed by atoms with Crippen LogP contribution in [0.1, 0.15) is 12.0 Å². The predicted molar refractivity (Wildman–Crippen MR) is 91.9 cm³/mol. The van der Waals surface area contributed by atoms with E-state index in [0.717, 1.165) is 11.8 Å². The second-order valence-electron chi connectivity index (χ2n) is 5.94. The Morgan fingerprint density at radius 1 is 1.38 bits per heavy atom. The number of rotatable bonds is 4. The minimum absolute atomic E-state index is 0.0560. The number of nitrogens with zero attached hydrogens (tertiary/aromatic N) is 1. The molecular weight excluding hydrogens is 371 g/mol. The monoisotopic (exact) mass is 387 g/mol. The molecule has 10 heteroatoms. The standard InChI is InChI=1S/C16H16F3N3O3S/c17-16(18,19)8-25-11-3-1-2-9(6-12-14(23)21-15(24)26-12)13(11)22-5-4-10(20)7-22/h1-3,6,10H,4-5,7-8,20H2,(H,21,23,24)/t10-/m0/s1. The van der Waals surface area contributed by atoms with Crippen molar-refractivity contribution in [2.24, 2.45) is 5.73 Å². The van der Waals surface area contributed by atoms with Crippen LogP contribution >= 0.6 is 11.8 Å². The molecule has 2 fully saturated rings. The van der Waals surface area contributed by atoms with Crippen molar-refractivity contribution in [3.63, 3.8) is 0 Å². The fraction of sp³-hybridized carbons (Fsp3) is 0.375. The van der Waals surface area contributed by atoms with E-state index in [-0.39, 0.29) is 16.7 Å². The van der Waals surface area contributed by atoms with E-state index in [1.807, 2.05) is 4.90 Å². The lowest BCUT2D eigenvalue weighted by Crippen LogP contribution is -2.28. The maximum atomic E-state index is 12.6. The smallest absolute Gasteiger partial charge is 0.422 e. The first-order valence-electron chi connectivity index (χ1n) is 7.81. The number of amides is 2. The quantitative estimate of drug-likeness (QED) is 0.773. The van der Waals surface area contributed by atoms with E-state index < -0.39 is 23.9 Å². The Morgan fingerprint density at radius 3 is 2.73 bits per heavy atom. The number of thioether (sulfide) groups is 1. The van der Waals surface area contributed by atoms with E-state index in [1.54, 1.807) is 6.07 Å². The van der Waals surface area contributed by atoms with E-state index in [0.29, 0.717) is 30.8 Å². The Balaban J connectivity index is 1.99. The van der Waals surface area contributed by atoms with Gasteiger partial charge >= 0.3 is 6.18 Å². The van der Waals surface area contributed by atoms with Crippen molar-refractivity contribution in [2.75, 3.05) is 24.6 Å². The molecule has 1 aromatic rings. The Labute approximate surface area is 151 Å². The number of halogens is 3. The molecule has 26 heavy (non-hydrogen) atoms. The third kappa shape index (κ3) is 4.31. The molecule has 2 saturated heterocycles. The molecule has 0 aromatic heterocycles. The zero-order valence-electron chi connectivity index (χ0n) is 13.5. The number of hydrogen-bond acceptors (Lipinski definition) is 6. The second-order valence-corrected chi connectivity index (χ2v) is 6.96. The summed E-state index contributed by atoms with van der Waals surface area (Å²) in [5, 5.41) is 1.66. The maximum Gasteiger partial charge on any atom is 0.422 e. The minimum atomic E-state index is -4.47. The zero-order valence-corrected chi connectivity index (χ0v) is 14.3. The van der Waals surface area contributed by atoms with Crippen molar-refractivity contribution in [1.82, 2.24) is 5.32 Å². The van der Waals surface area contributed by atoms with Gasteiger partial charge in [0.2, 0.25) is 0 Å². The van der Waals surface area contributed by atoms with Crippen molar-refractivity contribution < 1.29 is 27.5 Å². The highest BCUT2D eigenvalue weighted by Crippen LogP contribution is 2.38. The number of nitrogens with one attached hydrogen (secondary N) is 1. The zero-order chi connectivity index (χ0) is 18.9. The number of benzene rings is 1. The lowest BCUT2D eigenvalue weighted by atomic mass is 10.1. The van der Waals surface area contributed by atoms with Gasteiger partial charge in [-0.05, 0) is 30.3 Å². The number of carbonyl (C=O) groups excluding carboxylic acids is 2. The van der Waals surface area contributed by atoms with Crippen molar-refractivity contribution >= 4 is 34.7 Å². The van der Waals surface area contributed by atoms with Crippen molar-refractivity contribution in [1.29, 1.82) is 0 Å². The van der Waals surface area contributed by atoms with E-state index >= 15 is 0 Å². The first-order chi connectivity index (χ1) is 12.2. The topological polar surface area (TPSA) is 84.7 Å². The fourth-order valence-corrected chi connectivity index (χ4v) is 3.50. The van der Waals surface area contributed by atoms with Crippen LogP contribution in [0.5, 0.6) is 5.75 Å². The van der Waals surface area contributed by atoms with Crippen LogP contribution in [0.2, 0.25) is 0 Å². The molecule has 2 amide bonds. The number of ether oxygens (including phenoxy) is 1. The molecule has 0 bridgehead atoms. The molecule has 2 aliphatic heterocycles. The third-order valence-electron chi connectivity index (χ3n) is 3.89. The first kappa shape index (κ1) is 18.6. The van der Waals surface area contributed by atoms with E-state index in [4.69, 9.17) is 10.5 Å². The van der Waals surface area contributed by atoms with Gasteiger partial charge in [-0.25, -0.2) is 0 Å². The summed E-state index contributed by atoms with van der Waals surface area (Å²) in [5.41, 5.74) is 6.85. The molecule has 0 aliphatic carbocycles. The molecule has 1 atom stereocenters. The van der Waals surface area contributed by atoms with Gasteiger partial charge in [0, 0.05) is 24.7 Å². The molecule has 2 heterocycles. The summed E-state index contributed by atoms with van der Waals surface area (Å²) < 4.78 is 42.7. The SMILES string of the molecule is N[C@H]1CCN(c2c(C=C3SC(=O)NC3=O)cccc2OCC(F)(F)F)C1. The molecule has 1 aromatic carbocycles. The van der Waals surface area contributed by atoms with Gasteiger partial charge in [0.15, 0.2) is 6.61 Å². The number of alkyl halides is 3. The van der Waals surface area contributed by atoms with Gasteiger partial charge in [-0.15, -0.1) is 0 Å². The molecule has 0 unspecified atom stereocenters. The molecule has 3 rings (SSSR count). The molecule has 0 radical (unpaired) electrons. The molecular formula is C16H16F3N3O3S.